The van der Waals surface area contributed by atoms with Crippen LogP contribution in [-0.2, 0) is 30.7 Å². The minimum atomic E-state index is -3.99. The molecule has 0 radical (unpaired) electrons. The van der Waals surface area contributed by atoms with E-state index in [1.807, 2.05) is 42.5 Å². The Balaban J connectivity index is 1.52. The summed E-state index contributed by atoms with van der Waals surface area (Å²) in [6, 6.07) is 33.4. The van der Waals surface area contributed by atoms with Crippen LogP contribution < -0.4 is 10.1 Å². The van der Waals surface area contributed by atoms with Crippen molar-refractivity contribution in [2.45, 2.75) is 97.9 Å². The van der Waals surface area contributed by atoms with Crippen molar-refractivity contribution in [3.05, 3.63) is 132 Å². The van der Waals surface area contributed by atoms with E-state index in [0.29, 0.717) is 40.2 Å². The fourth-order valence-electron chi connectivity index (χ4n) is 6.14. The predicted molar refractivity (Wildman–Crippen MR) is 217 cm³/mol. The van der Waals surface area contributed by atoms with Crippen LogP contribution in [-0.4, -0.2) is 32.0 Å². The second kappa shape index (κ2) is 20.0. The van der Waals surface area contributed by atoms with Gasteiger partial charge in [-0.25, -0.2) is 8.42 Å². The minimum absolute atomic E-state index is 0.0519. The average Bonchev–Trinajstić information content (AvgIpc) is 3.19. The van der Waals surface area contributed by atoms with Crippen LogP contribution in [0, 0.1) is 0 Å². The van der Waals surface area contributed by atoms with Crippen LogP contribution in [0.5, 0.6) is 11.5 Å². The van der Waals surface area contributed by atoms with Crippen molar-refractivity contribution in [2.75, 3.05) is 6.61 Å². The quantitative estimate of drug-likeness (QED) is 0.0628. The van der Waals surface area contributed by atoms with Crippen molar-refractivity contribution in [3.63, 3.8) is 0 Å². The van der Waals surface area contributed by atoms with Gasteiger partial charge in [0, 0.05) is 40.8 Å². The van der Waals surface area contributed by atoms with E-state index >= 15 is 0 Å². The van der Waals surface area contributed by atoms with Crippen molar-refractivity contribution in [1.82, 2.24) is 5.32 Å². The molecular formula is C45H49NO7S2. The number of hydrogen-bond donors (Lipinski definition) is 2. The number of unbranched alkanes of at least 4 members (excludes halogenated alkanes) is 4. The molecule has 1 amide bonds. The number of ether oxygens (including phenoxy) is 2. The zero-order valence-corrected chi connectivity index (χ0v) is 33.3. The summed E-state index contributed by atoms with van der Waals surface area (Å²) in [6.07, 6.45) is 5.39. The molecule has 1 atom stereocenters. The zero-order chi connectivity index (χ0) is 39.2. The van der Waals surface area contributed by atoms with Crippen LogP contribution >= 0.6 is 11.8 Å². The number of phenolic OH excluding ortho intramolecular Hbond substituents is 1. The van der Waals surface area contributed by atoms with Gasteiger partial charge in [-0.15, -0.1) is 0 Å². The summed E-state index contributed by atoms with van der Waals surface area (Å²) >= 11 is 1.34. The number of carbonyl (C=O) groups is 2. The maximum atomic E-state index is 14.3. The van der Waals surface area contributed by atoms with E-state index < -0.39 is 21.9 Å². The second-order valence-corrected chi connectivity index (χ2v) is 16.3. The van der Waals surface area contributed by atoms with Gasteiger partial charge in [-0.3, -0.25) is 9.59 Å². The molecule has 0 bridgehead atoms. The minimum Gasteiger partial charge on any atom is -0.508 e. The first-order valence-electron chi connectivity index (χ1n) is 18.8. The highest BCUT2D eigenvalue weighted by atomic mass is 32.2. The van der Waals surface area contributed by atoms with Crippen LogP contribution in [0.3, 0.4) is 0 Å². The van der Waals surface area contributed by atoms with Crippen LogP contribution in [0.4, 0.5) is 0 Å². The maximum absolute atomic E-state index is 14.3. The lowest BCUT2D eigenvalue weighted by Gasteiger charge is -2.23. The summed E-state index contributed by atoms with van der Waals surface area (Å²) in [6.45, 7) is 6.40. The van der Waals surface area contributed by atoms with E-state index in [2.05, 4.69) is 19.2 Å². The lowest BCUT2D eigenvalue weighted by molar-refractivity contribution is -0.144. The molecule has 5 rings (SSSR count). The summed E-state index contributed by atoms with van der Waals surface area (Å²) in [5, 5.41) is 14.1. The Labute approximate surface area is 329 Å². The highest BCUT2D eigenvalue weighted by molar-refractivity contribution is 8.00. The van der Waals surface area contributed by atoms with Gasteiger partial charge in [0.25, 0.3) is 0 Å². The van der Waals surface area contributed by atoms with E-state index in [1.54, 1.807) is 66.7 Å². The first-order chi connectivity index (χ1) is 26.6. The summed E-state index contributed by atoms with van der Waals surface area (Å²) in [5.74, 6) is 0.0506. The van der Waals surface area contributed by atoms with E-state index in [-0.39, 0.29) is 28.0 Å². The molecule has 55 heavy (non-hydrogen) atoms. The summed E-state index contributed by atoms with van der Waals surface area (Å²) < 4.78 is 40.4. The maximum Gasteiger partial charge on any atom is 0.303 e. The van der Waals surface area contributed by atoms with Crippen LogP contribution in [0.15, 0.2) is 135 Å². The Morgan fingerprint density at radius 3 is 2.24 bits per heavy atom. The van der Waals surface area contributed by atoms with Gasteiger partial charge in [0.1, 0.15) is 11.5 Å². The number of rotatable bonds is 19. The molecule has 5 aromatic carbocycles. The van der Waals surface area contributed by atoms with E-state index in [1.165, 1.54) is 24.8 Å². The number of hydrogen-bond acceptors (Lipinski definition) is 8. The Morgan fingerprint density at radius 1 is 0.782 bits per heavy atom. The number of phenols is 1. The zero-order valence-electron chi connectivity index (χ0n) is 31.6. The Morgan fingerprint density at radius 2 is 1.51 bits per heavy atom. The normalized spacial score (nSPS) is 11.8. The molecule has 0 saturated carbocycles. The van der Waals surface area contributed by atoms with Crippen LogP contribution in [0.1, 0.15) is 88.5 Å². The third kappa shape index (κ3) is 11.2. The second-order valence-electron chi connectivity index (χ2n) is 13.3. The molecule has 0 aliphatic heterocycles. The van der Waals surface area contributed by atoms with Gasteiger partial charge >= 0.3 is 5.97 Å². The summed E-state index contributed by atoms with van der Waals surface area (Å²) in [7, 11) is -3.99. The first-order valence-corrected chi connectivity index (χ1v) is 21.1. The molecule has 0 aliphatic carbocycles. The summed E-state index contributed by atoms with van der Waals surface area (Å²) in [4.78, 5) is 26.8. The fraction of sp³-hybridized carbons (Fsp3) is 0.289. The SMILES string of the molecule is CCCCCCC(=O)NCc1ccc(O)c(C(OC(C)=O)c2ccccc2-c2ccc(Sc3ccc(OCCCC)cc3)c(S(=O)(=O)c3ccccc3)c2)c1. The molecule has 0 heterocycles. The van der Waals surface area contributed by atoms with E-state index in [9.17, 15) is 23.1 Å². The third-order valence-electron chi connectivity index (χ3n) is 9.06. The number of aromatic hydroxyl groups is 1. The average molecular weight is 780 g/mol. The lowest BCUT2D eigenvalue weighted by Crippen LogP contribution is -2.22. The Bertz CT molecular complexity index is 2150. The lowest BCUT2D eigenvalue weighted by atomic mass is 9.91. The molecule has 5 aromatic rings. The van der Waals surface area contributed by atoms with Gasteiger partial charge in [-0.2, -0.15) is 0 Å². The van der Waals surface area contributed by atoms with Crippen LogP contribution in [0.2, 0.25) is 0 Å². The molecule has 0 aromatic heterocycles. The molecule has 0 spiro atoms. The number of amides is 1. The monoisotopic (exact) mass is 779 g/mol. The standard InChI is InChI=1S/C45H49NO7S2/c1-4-6-8-12-19-44(49)46-31-33-20-26-41(48)40(29-33)45(53-32(3)47)39-18-14-13-17-38(39)34-21-27-42(43(30-34)55(50,51)37-15-10-9-11-16-37)54-36-24-22-35(23-25-36)52-28-7-5-2/h9-11,13-18,20-27,29-30,45,48H,4-8,12,19,28,31H2,1-3H3,(H,46,49). The van der Waals surface area contributed by atoms with Gasteiger partial charge in [0.15, 0.2) is 6.10 Å². The van der Waals surface area contributed by atoms with Crippen molar-refractivity contribution < 1.29 is 32.6 Å². The molecule has 0 saturated heterocycles. The molecule has 288 valence electrons. The number of esters is 1. The third-order valence-corrected chi connectivity index (χ3v) is 12.1. The molecule has 2 N–H and O–H groups in total. The van der Waals surface area contributed by atoms with Gasteiger partial charge in [-0.1, -0.05) is 106 Å². The number of benzene rings is 5. The smallest absolute Gasteiger partial charge is 0.303 e. The molecule has 0 aliphatic rings. The molecule has 10 heteroatoms. The van der Waals surface area contributed by atoms with E-state index in [0.717, 1.165) is 54.7 Å². The Hall–Kier alpha value is -5.06. The number of sulfone groups is 1. The topological polar surface area (TPSA) is 119 Å². The summed E-state index contributed by atoms with van der Waals surface area (Å²) in [5.41, 5.74) is 2.81. The molecule has 8 nitrogen and oxygen atoms in total. The molecular weight excluding hydrogens is 731 g/mol. The number of nitrogens with one attached hydrogen (secondary N) is 1. The van der Waals surface area contributed by atoms with Crippen molar-refractivity contribution in [2.24, 2.45) is 0 Å². The van der Waals surface area contributed by atoms with Gasteiger partial charge in [-0.05, 0) is 90.2 Å². The molecule has 1 unspecified atom stereocenters. The van der Waals surface area contributed by atoms with Crippen molar-refractivity contribution >= 4 is 33.5 Å². The highest BCUT2D eigenvalue weighted by Crippen LogP contribution is 2.42. The van der Waals surface area contributed by atoms with Crippen LogP contribution in [0.25, 0.3) is 11.1 Å². The van der Waals surface area contributed by atoms with Crippen molar-refractivity contribution in [1.29, 1.82) is 0 Å². The fourth-order valence-corrected chi connectivity index (χ4v) is 8.80. The molecule has 0 fully saturated rings. The van der Waals surface area contributed by atoms with Crippen molar-refractivity contribution in [3.8, 4) is 22.6 Å². The Kier molecular flexibility index (Phi) is 15.0. The highest BCUT2D eigenvalue weighted by Gasteiger charge is 2.27. The van der Waals surface area contributed by atoms with Gasteiger partial charge in [0.05, 0.1) is 16.4 Å². The number of carbonyl (C=O) groups excluding carboxylic acids is 2. The largest absolute Gasteiger partial charge is 0.508 e. The first kappa shape index (κ1) is 41.1. The predicted octanol–water partition coefficient (Wildman–Crippen LogP) is 10.5. The van der Waals surface area contributed by atoms with E-state index in [4.69, 9.17) is 9.47 Å². The van der Waals surface area contributed by atoms with Gasteiger partial charge in [0.2, 0.25) is 15.7 Å². The van der Waals surface area contributed by atoms with Gasteiger partial charge < -0.3 is 19.9 Å².